The third-order valence-corrected chi connectivity index (χ3v) is 3.50. The summed E-state index contributed by atoms with van der Waals surface area (Å²) in [6.07, 6.45) is 0.536. The highest BCUT2D eigenvalue weighted by molar-refractivity contribution is 5.61. The molecule has 0 radical (unpaired) electrons. The third kappa shape index (κ3) is 2.58. The molecule has 104 valence electrons. The molecular weight excluding hydrogens is 254 g/mol. The van der Waals surface area contributed by atoms with Crippen LogP contribution in [-0.4, -0.2) is 41.6 Å². The maximum Gasteiger partial charge on any atom is 0.151 e. The van der Waals surface area contributed by atoms with Crippen molar-refractivity contribution in [3.05, 3.63) is 36.4 Å². The van der Waals surface area contributed by atoms with Gasteiger partial charge in [-0.25, -0.2) is 0 Å². The first-order valence-corrected chi connectivity index (χ1v) is 6.67. The summed E-state index contributed by atoms with van der Waals surface area (Å²) in [6.45, 7) is 1.46. The zero-order chi connectivity index (χ0) is 13.9. The first kappa shape index (κ1) is 12.9. The van der Waals surface area contributed by atoms with Crippen LogP contribution in [0.5, 0.6) is 5.75 Å². The fourth-order valence-electron chi connectivity index (χ4n) is 2.38. The molecule has 0 bridgehead atoms. The molecule has 0 spiro atoms. The number of methoxy groups -OCH3 is 1. The van der Waals surface area contributed by atoms with Gasteiger partial charge in [0.2, 0.25) is 0 Å². The highest BCUT2D eigenvalue weighted by Crippen LogP contribution is 2.23. The van der Waals surface area contributed by atoms with Crippen molar-refractivity contribution in [3.8, 4) is 17.0 Å². The van der Waals surface area contributed by atoms with Crippen LogP contribution < -0.4 is 9.64 Å². The molecule has 1 aromatic carbocycles. The molecule has 1 N–H and O–H groups in total. The molecule has 1 atom stereocenters. The summed E-state index contributed by atoms with van der Waals surface area (Å²) in [6, 6.07) is 11.6. The molecule has 5 nitrogen and oxygen atoms in total. The molecule has 1 aromatic heterocycles. The van der Waals surface area contributed by atoms with E-state index in [1.54, 1.807) is 7.11 Å². The van der Waals surface area contributed by atoms with E-state index >= 15 is 0 Å². The number of anilines is 1. The lowest BCUT2D eigenvalue weighted by Gasteiger charge is -2.15. The molecule has 5 heteroatoms. The number of aliphatic hydroxyl groups is 1. The Morgan fingerprint density at radius 3 is 2.80 bits per heavy atom. The largest absolute Gasteiger partial charge is 0.497 e. The van der Waals surface area contributed by atoms with Gasteiger partial charge in [-0.15, -0.1) is 10.2 Å². The van der Waals surface area contributed by atoms with Gasteiger partial charge in [-0.05, 0) is 30.7 Å². The van der Waals surface area contributed by atoms with Crippen molar-refractivity contribution >= 4 is 5.82 Å². The number of β-amino-alcohol motifs (C(OH)–C–C–N with tert-alkyl or cyclic N) is 1. The molecule has 0 aliphatic carbocycles. The summed E-state index contributed by atoms with van der Waals surface area (Å²) in [7, 11) is 1.65. The van der Waals surface area contributed by atoms with Gasteiger partial charge in [-0.2, -0.15) is 0 Å². The van der Waals surface area contributed by atoms with E-state index in [-0.39, 0.29) is 6.10 Å². The van der Waals surface area contributed by atoms with E-state index in [1.807, 2.05) is 41.3 Å². The van der Waals surface area contributed by atoms with E-state index in [0.29, 0.717) is 6.54 Å². The maximum absolute atomic E-state index is 9.55. The van der Waals surface area contributed by atoms with Crippen LogP contribution >= 0.6 is 0 Å². The predicted octanol–water partition coefficient (Wildman–Crippen LogP) is 1.72. The van der Waals surface area contributed by atoms with Crippen LogP contribution in [-0.2, 0) is 0 Å². The summed E-state index contributed by atoms with van der Waals surface area (Å²) < 4.78 is 5.21. The third-order valence-electron chi connectivity index (χ3n) is 3.50. The summed E-state index contributed by atoms with van der Waals surface area (Å²) >= 11 is 0. The molecule has 1 unspecified atom stereocenters. The highest BCUT2D eigenvalue weighted by atomic mass is 16.5. The Bertz CT molecular complexity index is 586. The smallest absolute Gasteiger partial charge is 0.151 e. The van der Waals surface area contributed by atoms with Crippen molar-refractivity contribution in [2.75, 3.05) is 25.1 Å². The Kier molecular flexibility index (Phi) is 3.52. The average molecular weight is 271 g/mol. The number of aliphatic hydroxyl groups excluding tert-OH is 1. The predicted molar refractivity (Wildman–Crippen MR) is 76.9 cm³/mol. The first-order chi connectivity index (χ1) is 9.76. The van der Waals surface area contributed by atoms with E-state index in [4.69, 9.17) is 4.74 Å². The highest BCUT2D eigenvalue weighted by Gasteiger charge is 2.21. The van der Waals surface area contributed by atoms with Crippen LogP contribution in [0.25, 0.3) is 11.3 Å². The number of hydrogen-bond donors (Lipinski definition) is 1. The van der Waals surface area contributed by atoms with Gasteiger partial charge in [-0.3, -0.25) is 0 Å². The molecule has 3 rings (SSSR count). The Hall–Kier alpha value is -2.14. The Balaban J connectivity index is 1.82. The van der Waals surface area contributed by atoms with Gasteiger partial charge in [0.1, 0.15) is 5.75 Å². The van der Waals surface area contributed by atoms with Crippen LogP contribution in [0, 0.1) is 0 Å². The lowest BCUT2D eigenvalue weighted by molar-refractivity contribution is 0.198. The van der Waals surface area contributed by atoms with E-state index in [0.717, 1.165) is 35.8 Å². The van der Waals surface area contributed by atoms with E-state index in [9.17, 15) is 5.11 Å². The molecule has 20 heavy (non-hydrogen) atoms. The SMILES string of the molecule is COc1cccc(-c2ccc(N3CCC(O)C3)nn2)c1. The van der Waals surface area contributed by atoms with Crippen molar-refractivity contribution in [1.82, 2.24) is 10.2 Å². The molecular formula is C15H17N3O2. The zero-order valence-corrected chi connectivity index (χ0v) is 11.4. The van der Waals surface area contributed by atoms with Crippen LogP contribution in [0.2, 0.25) is 0 Å². The molecule has 2 heterocycles. The summed E-state index contributed by atoms with van der Waals surface area (Å²) in [5.74, 6) is 1.62. The minimum Gasteiger partial charge on any atom is -0.497 e. The molecule has 1 aliphatic heterocycles. The first-order valence-electron chi connectivity index (χ1n) is 6.67. The Labute approximate surface area is 117 Å². The molecule has 0 saturated carbocycles. The van der Waals surface area contributed by atoms with Gasteiger partial charge in [-0.1, -0.05) is 12.1 Å². The number of ether oxygens (including phenoxy) is 1. The summed E-state index contributed by atoms with van der Waals surface area (Å²) in [5, 5.41) is 18.1. The van der Waals surface area contributed by atoms with Crippen molar-refractivity contribution in [1.29, 1.82) is 0 Å². The number of aromatic nitrogens is 2. The van der Waals surface area contributed by atoms with Gasteiger partial charge in [0.05, 0.1) is 18.9 Å². The van der Waals surface area contributed by atoms with Crippen molar-refractivity contribution in [3.63, 3.8) is 0 Å². The zero-order valence-electron chi connectivity index (χ0n) is 11.4. The van der Waals surface area contributed by atoms with Crippen LogP contribution in [0.1, 0.15) is 6.42 Å². The molecule has 1 aliphatic rings. The van der Waals surface area contributed by atoms with Crippen molar-refractivity contribution in [2.45, 2.75) is 12.5 Å². The number of hydrogen-bond acceptors (Lipinski definition) is 5. The fourth-order valence-corrected chi connectivity index (χ4v) is 2.38. The van der Waals surface area contributed by atoms with E-state index < -0.39 is 0 Å². The number of nitrogens with zero attached hydrogens (tertiary/aromatic N) is 3. The summed E-state index contributed by atoms with van der Waals surface area (Å²) in [5.41, 5.74) is 1.79. The lowest BCUT2D eigenvalue weighted by Crippen LogP contribution is -2.22. The number of rotatable bonds is 3. The van der Waals surface area contributed by atoms with Gasteiger partial charge in [0, 0.05) is 18.7 Å². The lowest BCUT2D eigenvalue weighted by atomic mass is 10.1. The second kappa shape index (κ2) is 5.46. The van der Waals surface area contributed by atoms with Gasteiger partial charge in [0.25, 0.3) is 0 Å². The van der Waals surface area contributed by atoms with Gasteiger partial charge >= 0.3 is 0 Å². The van der Waals surface area contributed by atoms with Crippen LogP contribution in [0.15, 0.2) is 36.4 Å². The maximum atomic E-state index is 9.55. The van der Waals surface area contributed by atoms with E-state index in [2.05, 4.69) is 10.2 Å². The Morgan fingerprint density at radius 2 is 2.15 bits per heavy atom. The average Bonchev–Trinajstić information content (AvgIpc) is 2.94. The second-order valence-electron chi connectivity index (χ2n) is 4.90. The topological polar surface area (TPSA) is 58.5 Å². The van der Waals surface area contributed by atoms with Crippen LogP contribution in [0.3, 0.4) is 0 Å². The minimum atomic E-state index is -0.255. The minimum absolute atomic E-state index is 0.255. The molecule has 0 amide bonds. The number of benzene rings is 1. The van der Waals surface area contributed by atoms with Gasteiger partial charge in [0.15, 0.2) is 5.82 Å². The standard InChI is InChI=1S/C15H17N3O2/c1-20-13-4-2-3-11(9-13)14-5-6-15(17-16-14)18-8-7-12(19)10-18/h2-6,9,12,19H,7-8,10H2,1H3. The normalized spacial score (nSPS) is 18.3. The van der Waals surface area contributed by atoms with Gasteiger partial charge < -0.3 is 14.7 Å². The van der Waals surface area contributed by atoms with E-state index in [1.165, 1.54) is 0 Å². The second-order valence-corrected chi connectivity index (χ2v) is 4.90. The van der Waals surface area contributed by atoms with Crippen molar-refractivity contribution in [2.24, 2.45) is 0 Å². The fraction of sp³-hybridized carbons (Fsp3) is 0.333. The van der Waals surface area contributed by atoms with Crippen LogP contribution in [0.4, 0.5) is 5.82 Å². The molecule has 2 aromatic rings. The quantitative estimate of drug-likeness (QED) is 0.921. The summed E-state index contributed by atoms with van der Waals surface area (Å²) in [4.78, 5) is 2.05. The molecule has 1 fully saturated rings. The molecule has 1 saturated heterocycles. The monoisotopic (exact) mass is 271 g/mol. The van der Waals surface area contributed by atoms with Crippen molar-refractivity contribution < 1.29 is 9.84 Å². The Morgan fingerprint density at radius 1 is 1.25 bits per heavy atom.